The first kappa shape index (κ1) is 17.0. The molecule has 1 aromatic carbocycles. The molecule has 2 heterocycles. The predicted octanol–water partition coefficient (Wildman–Crippen LogP) is 2.16. The molecule has 0 bridgehead atoms. The fraction of sp³-hybridized carbons (Fsp3) is 0.647. The Morgan fingerprint density at radius 1 is 1.22 bits per heavy atom. The Kier molecular flexibility index (Phi) is 4.40. The number of rotatable bonds is 3. The van der Waals surface area contributed by atoms with Crippen LogP contribution in [0.1, 0.15) is 26.3 Å². The number of thiol groups is 1. The molecule has 0 aromatic heterocycles. The standard InChI is InChI=1S/C17H24O5S/c1-10-13-14(22-16(2,3)21-13)17(18,15(23)20-10)9-11-5-7-12(19-4)8-6-11/h5-8,10,13-15,18,23H,9H2,1-4H3/t10-,13+,14+,15?,17-/m0/s1. The summed E-state index contributed by atoms with van der Waals surface area (Å²) >= 11 is 4.48. The van der Waals surface area contributed by atoms with Crippen molar-refractivity contribution in [2.45, 2.75) is 62.3 Å². The predicted molar refractivity (Wildman–Crippen MR) is 88.8 cm³/mol. The highest BCUT2D eigenvalue weighted by atomic mass is 32.1. The summed E-state index contributed by atoms with van der Waals surface area (Å²) in [5, 5.41) is 11.3. The molecule has 6 heteroatoms. The van der Waals surface area contributed by atoms with Crippen LogP contribution in [0, 0.1) is 0 Å². The van der Waals surface area contributed by atoms with Gasteiger partial charge in [0.05, 0.1) is 13.2 Å². The van der Waals surface area contributed by atoms with Gasteiger partial charge in [0, 0.05) is 6.42 Å². The Hall–Kier alpha value is -0.790. The Morgan fingerprint density at radius 3 is 2.48 bits per heavy atom. The number of hydrogen-bond acceptors (Lipinski definition) is 6. The smallest absolute Gasteiger partial charge is 0.164 e. The Morgan fingerprint density at radius 2 is 1.87 bits per heavy atom. The third-order valence-electron chi connectivity index (χ3n) is 4.50. The van der Waals surface area contributed by atoms with Gasteiger partial charge < -0.3 is 24.1 Å². The molecule has 0 amide bonds. The monoisotopic (exact) mass is 340 g/mol. The second kappa shape index (κ2) is 5.93. The van der Waals surface area contributed by atoms with Gasteiger partial charge in [-0.25, -0.2) is 0 Å². The van der Waals surface area contributed by atoms with Crippen LogP contribution >= 0.6 is 12.6 Å². The molecule has 3 rings (SSSR count). The minimum Gasteiger partial charge on any atom is -0.497 e. The summed E-state index contributed by atoms with van der Waals surface area (Å²) in [5.74, 6) is 0.0229. The summed E-state index contributed by atoms with van der Waals surface area (Å²) in [5.41, 5.74) is -0.973. The van der Waals surface area contributed by atoms with Gasteiger partial charge in [0.25, 0.3) is 0 Å². The number of fused-ring (bicyclic) bond motifs is 1. The summed E-state index contributed by atoms with van der Waals surface area (Å²) in [4.78, 5) is 0. The van der Waals surface area contributed by atoms with E-state index >= 15 is 0 Å². The molecule has 23 heavy (non-hydrogen) atoms. The summed E-state index contributed by atoms with van der Waals surface area (Å²) in [6.45, 7) is 5.61. The molecular formula is C17H24O5S. The second-order valence-corrected chi connectivity index (χ2v) is 7.20. The largest absolute Gasteiger partial charge is 0.497 e. The van der Waals surface area contributed by atoms with Crippen LogP contribution in [-0.2, 0) is 20.6 Å². The molecule has 1 N–H and O–H groups in total. The van der Waals surface area contributed by atoms with Crippen molar-refractivity contribution in [1.82, 2.24) is 0 Å². The van der Waals surface area contributed by atoms with Gasteiger partial charge in [-0.05, 0) is 38.5 Å². The van der Waals surface area contributed by atoms with E-state index < -0.39 is 22.9 Å². The van der Waals surface area contributed by atoms with Crippen LogP contribution in [0.5, 0.6) is 5.75 Å². The fourth-order valence-electron chi connectivity index (χ4n) is 3.32. The van der Waals surface area contributed by atoms with E-state index in [0.717, 1.165) is 11.3 Å². The maximum absolute atomic E-state index is 11.3. The van der Waals surface area contributed by atoms with E-state index in [1.54, 1.807) is 7.11 Å². The van der Waals surface area contributed by atoms with Crippen LogP contribution < -0.4 is 4.74 Å². The van der Waals surface area contributed by atoms with Crippen molar-refractivity contribution in [2.24, 2.45) is 0 Å². The fourth-order valence-corrected chi connectivity index (χ4v) is 3.75. The topological polar surface area (TPSA) is 57.2 Å². The van der Waals surface area contributed by atoms with Gasteiger partial charge in [0.2, 0.25) is 0 Å². The van der Waals surface area contributed by atoms with Gasteiger partial charge in [-0.1, -0.05) is 12.1 Å². The van der Waals surface area contributed by atoms with Crippen LogP contribution in [0.25, 0.3) is 0 Å². The van der Waals surface area contributed by atoms with E-state index in [-0.39, 0.29) is 12.2 Å². The maximum Gasteiger partial charge on any atom is 0.164 e. The van der Waals surface area contributed by atoms with E-state index in [1.807, 2.05) is 45.0 Å². The number of benzene rings is 1. The highest BCUT2D eigenvalue weighted by Crippen LogP contribution is 2.44. The first-order valence-corrected chi connectivity index (χ1v) is 8.31. The van der Waals surface area contributed by atoms with Crippen molar-refractivity contribution in [3.05, 3.63) is 29.8 Å². The third kappa shape index (κ3) is 3.10. The third-order valence-corrected chi connectivity index (χ3v) is 5.07. The van der Waals surface area contributed by atoms with Gasteiger partial charge in [-0.2, -0.15) is 0 Å². The van der Waals surface area contributed by atoms with Crippen molar-refractivity contribution < 1.29 is 24.1 Å². The minimum atomic E-state index is -1.28. The minimum absolute atomic E-state index is 0.194. The molecule has 2 aliphatic rings. The molecule has 0 aliphatic carbocycles. The molecule has 0 saturated carbocycles. The van der Waals surface area contributed by atoms with Crippen LogP contribution in [0.4, 0.5) is 0 Å². The Balaban J connectivity index is 1.87. The Bertz CT molecular complexity index is 561. The highest BCUT2D eigenvalue weighted by Gasteiger charge is 2.60. The lowest BCUT2D eigenvalue weighted by atomic mass is 9.83. The molecule has 0 radical (unpaired) electrons. The normalized spacial score (nSPS) is 39.0. The molecule has 5 atom stereocenters. The summed E-state index contributed by atoms with van der Waals surface area (Å²) in [6, 6.07) is 7.58. The highest BCUT2D eigenvalue weighted by molar-refractivity contribution is 7.80. The van der Waals surface area contributed by atoms with E-state index in [9.17, 15) is 5.11 Å². The van der Waals surface area contributed by atoms with Gasteiger partial charge >= 0.3 is 0 Å². The number of ether oxygens (including phenoxy) is 4. The lowest BCUT2D eigenvalue weighted by molar-refractivity contribution is -0.209. The van der Waals surface area contributed by atoms with E-state index in [4.69, 9.17) is 18.9 Å². The van der Waals surface area contributed by atoms with Crippen LogP contribution in [0.2, 0.25) is 0 Å². The van der Waals surface area contributed by atoms with Gasteiger partial charge in [-0.3, -0.25) is 0 Å². The quantitative estimate of drug-likeness (QED) is 0.826. The molecule has 5 nitrogen and oxygen atoms in total. The van der Waals surface area contributed by atoms with E-state index in [2.05, 4.69) is 12.6 Å². The zero-order valence-electron chi connectivity index (χ0n) is 13.9. The molecule has 2 fully saturated rings. The molecule has 2 aliphatic heterocycles. The molecule has 1 aromatic rings. The average molecular weight is 340 g/mol. The summed E-state index contributed by atoms with van der Waals surface area (Å²) in [7, 11) is 1.62. The first-order valence-electron chi connectivity index (χ1n) is 7.80. The SMILES string of the molecule is COc1ccc(C[C@@]2(O)C(S)O[C@@H](C)[C@H]3OC(C)(C)O[C@H]32)cc1. The van der Waals surface area contributed by atoms with E-state index in [0.29, 0.717) is 6.42 Å². The maximum atomic E-state index is 11.3. The van der Waals surface area contributed by atoms with Gasteiger partial charge in [0.1, 0.15) is 29.0 Å². The van der Waals surface area contributed by atoms with Gasteiger partial charge in [0.15, 0.2) is 5.79 Å². The molecular weight excluding hydrogens is 316 g/mol. The number of methoxy groups -OCH3 is 1. The van der Waals surface area contributed by atoms with E-state index in [1.165, 1.54) is 0 Å². The van der Waals surface area contributed by atoms with Crippen LogP contribution in [0.3, 0.4) is 0 Å². The van der Waals surface area contributed by atoms with Crippen molar-refractivity contribution in [1.29, 1.82) is 0 Å². The summed E-state index contributed by atoms with van der Waals surface area (Å²) in [6.07, 6.45) is -0.652. The average Bonchev–Trinajstić information content (AvgIpc) is 2.83. The lowest BCUT2D eigenvalue weighted by Gasteiger charge is -2.46. The lowest BCUT2D eigenvalue weighted by Crippen LogP contribution is -2.63. The van der Waals surface area contributed by atoms with Crippen molar-refractivity contribution in [2.75, 3.05) is 7.11 Å². The number of hydrogen-bond donors (Lipinski definition) is 2. The molecule has 1 unspecified atom stereocenters. The molecule has 0 spiro atoms. The molecule has 2 saturated heterocycles. The van der Waals surface area contributed by atoms with Crippen molar-refractivity contribution in [3.63, 3.8) is 0 Å². The first-order chi connectivity index (χ1) is 10.7. The number of aliphatic hydroxyl groups is 1. The zero-order chi connectivity index (χ0) is 16.8. The Labute approximate surface area is 142 Å². The van der Waals surface area contributed by atoms with Crippen molar-refractivity contribution >= 4 is 12.6 Å². The van der Waals surface area contributed by atoms with Gasteiger partial charge in [-0.15, -0.1) is 12.6 Å². The van der Waals surface area contributed by atoms with Crippen molar-refractivity contribution in [3.8, 4) is 5.75 Å². The zero-order valence-corrected chi connectivity index (χ0v) is 14.7. The second-order valence-electron chi connectivity index (χ2n) is 6.73. The molecule has 128 valence electrons. The van der Waals surface area contributed by atoms with Crippen LogP contribution in [-0.4, -0.2) is 47.4 Å². The van der Waals surface area contributed by atoms with Crippen LogP contribution in [0.15, 0.2) is 24.3 Å². The summed E-state index contributed by atoms with van der Waals surface area (Å²) < 4.78 is 22.9.